The Morgan fingerprint density at radius 3 is 2.85 bits per heavy atom. The van der Waals surface area contributed by atoms with Gasteiger partial charge in [-0.25, -0.2) is 0 Å². The molecule has 1 atom stereocenters. The molecule has 5 heteroatoms. The molecule has 1 unspecified atom stereocenters. The number of hydrogen-bond acceptors (Lipinski definition) is 4. The van der Waals surface area contributed by atoms with Crippen molar-refractivity contribution in [3.8, 4) is 11.8 Å². The van der Waals surface area contributed by atoms with Gasteiger partial charge in [-0.2, -0.15) is 5.26 Å². The zero-order chi connectivity index (χ0) is 15.0. The van der Waals surface area contributed by atoms with Gasteiger partial charge in [-0.3, -0.25) is 4.79 Å². The Bertz CT molecular complexity index is 494. The van der Waals surface area contributed by atoms with Crippen LogP contribution in [-0.2, 0) is 4.79 Å². The van der Waals surface area contributed by atoms with Crippen molar-refractivity contribution in [1.82, 2.24) is 5.32 Å². The topological polar surface area (TPSA) is 74.2 Å². The highest BCUT2D eigenvalue weighted by molar-refractivity contribution is 5.84. The van der Waals surface area contributed by atoms with Gasteiger partial charge in [0.2, 0.25) is 5.91 Å². The number of nitrogens with zero attached hydrogens (tertiary/aromatic N) is 1. The fraction of sp³-hybridized carbons (Fsp3) is 0.467. The van der Waals surface area contributed by atoms with Crippen molar-refractivity contribution >= 4 is 11.6 Å². The molecule has 0 radical (unpaired) electrons. The highest BCUT2D eigenvalue weighted by Crippen LogP contribution is 2.25. The predicted octanol–water partition coefficient (Wildman–Crippen LogP) is 2.28. The maximum atomic E-state index is 11.9. The summed E-state index contributed by atoms with van der Waals surface area (Å²) >= 11 is 0. The van der Waals surface area contributed by atoms with Crippen molar-refractivity contribution in [2.24, 2.45) is 0 Å². The number of nitriles is 1. The van der Waals surface area contributed by atoms with Crippen LogP contribution in [0.5, 0.6) is 5.75 Å². The van der Waals surface area contributed by atoms with Crippen LogP contribution in [0.4, 0.5) is 5.69 Å². The summed E-state index contributed by atoms with van der Waals surface area (Å²) in [5.41, 5.74) is 1.22. The molecular weight excluding hydrogens is 254 g/mol. The maximum Gasteiger partial charge on any atom is 0.242 e. The lowest BCUT2D eigenvalue weighted by molar-refractivity contribution is -0.121. The van der Waals surface area contributed by atoms with Gasteiger partial charge in [0.1, 0.15) is 11.8 Å². The van der Waals surface area contributed by atoms with Gasteiger partial charge in [0.15, 0.2) is 0 Å². The zero-order valence-corrected chi connectivity index (χ0v) is 12.2. The first-order valence-electron chi connectivity index (χ1n) is 6.74. The van der Waals surface area contributed by atoms with Crippen molar-refractivity contribution in [3.63, 3.8) is 0 Å². The van der Waals surface area contributed by atoms with Crippen LogP contribution in [0.15, 0.2) is 18.2 Å². The van der Waals surface area contributed by atoms with Gasteiger partial charge in [-0.1, -0.05) is 13.3 Å². The summed E-state index contributed by atoms with van der Waals surface area (Å²) in [7, 11) is 1.54. The number of nitrogens with one attached hydrogen (secondary N) is 2. The van der Waals surface area contributed by atoms with Gasteiger partial charge in [0, 0.05) is 12.6 Å². The van der Waals surface area contributed by atoms with Crippen LogP contribution in [0.2, 0.25) is 0 Å². The summed E-state index contributed by atoms with van der Waals surface area (Å²) in [6.45, 7) is 4.56. The summed E-state index contributed by atoms with van der Waals surface area (Å²) in [5.74, 6) is 0.502. The first-order valence-corrected chi connectivity index (χ1v) is 6.74. The summed E-state index contributed by atoms with van der Waals surface area (Å²) < 4.78 is 5.22. The number of ether oxygens (including phenoxy) is 1. The maximum absolute atomic E-state index is 11.9. The molecule has 20 heavy (non-hydrogen) atoms. The fourth-order valence-corrected chi connectivity index (χ4v) is 1.72. The number of rotatable bonds is 7. The minimum absolute atomic E-state index is 0.0511. The third kappa shape index (κ3) is 4.47. The highest BCUT2D eigenvalue weighted by Gasteiger charge is 2.14. The van der Waals surface area contributed by atoms with Gasteiger partial charge < -0.3 is 15.4 Å². The molecule has 0 aliphatic heterocycles. The molecule has 1 aromatic rings. The third-order valence-electron chi connectivity index (χ3n) is 2.93. The highest BCUT2D eigenvalue weighted by atomic mass is 16.5. The molecule has 0 bridgehead atoms. The number of methoxy groups -OCH3 is 1. The van der Waals surface area contributed by atoms with E-state index in [2.05, 4.69) is 23.6 Å². The number of carbonyl (C=O) groups excluding carboxylic acids is 1. The van der Waals surface area contributed by atoms with E-state index in [9.17, 15) is 4.79 Å². The minimum Gasteiger partial charge on any atom is -0.495 e. The van der Waals surface area contributed by atoms with Gasteiger partial charge in [-0.15, -0.1) is 0 Å². The minimum atomic E-state index is -0.367. The molecule has 0 saturated carbocycles. The largest absolute Gasteiger partial charge is 0.495 e. The van der Waals surface area contributed by atoms with E-state index in [0.717, 1.165) is 12.8 Å². The number of hydrogen-bond donors (Lipinski definition) is 2. The van der Waals surface area contributed by atoms with Gasteiger partial charge >= 0.3 is 0 Å². The Morgan fingerprint density at radius 2 is 2.25 bits per heavy atom. The van der Waals surface area contributed by atoms with Crippen LogP contribution in [0.3, 0.4) is 0 Å². The number of anilines is 1. The van der Waals surface area contributed by atoms with Gasteiger partial charge in [-0.05, 0) is 25.5 Å². The average molecular weight is 275 g/mol. The standard InChI is InChI=1S/C15H21N3O2/c1-4-5-8-17-15(19)11(2)18-13-7-6-12(10-16)9-14(13)20-3/h6-7,9,11,18H,4-5,8H2,1-3H3,(H,17,19). The molecule has 2 N–H and O–H groups in total. The van der Waals surface area contributed by atoms with Crippen molar-refractivity contribution in [1.29, 1.82) is 5.26 Å². The average Bonchev–Trinajstić information content (AvgIpc) is 2.47. The van der Waals surface area contributed by atoms with Crippen LogP contribution >= 0.6 is 0 Å². The number of carbonyl (C=O) groups is 1. The molecule has 0 aromatic heterocycles. The number of amides is 1. The van der Waals surface area contributed by atoms with E-state index in [1.807, 2.05) is 0 Å². The van der Waals surface area contributed by atoms with Crippen LogP contribution in [0, 0.1) is 11.3 Å². The van der Waals surface area contributed by atoms with Crippen molar-refractivity contribution in [2.45, 2.75) is 32.7 Å². The van der Waals surface area contributed by atoms with E-state index in [1.54, 1.807) is 25.1 Å². The Hall–Kier alpha value is -2.22. The lowest BCUT2D eigenvalue weighted by Crippen LogP contribution is -2.38. The van der Waals surface area contributed by atoms with Crippen molar-refractivity contribution in [2.75, 3.05) is 19.0 Å². The summed E-state index contributed by atoms with van der Waals surface area (Å²) in [4.78, 5) is 11.9. The summed E-state index contributed by atoms with van der Waals surface area (Å²) in [5, 5.41) is 14.8. The van der Waals surface area contributed by atoms with E-state index < -0.39 is 0 Å². The second-order valence-corrected chi connectivity index (χ2v) is 4.54. The first kappa shape index (κ1) is 15.8. The molecule has 1 aromatic carbocycles. The van der Waals surface area contributed by atoms with Gasteiger partial charge in [0.05, 0.1) is 24.4 Å². The number of benzene rings is 1. The van der Waals surface area contributed by atoms with Crippen molar-refractivity contribution in [3.05, 3.63) is 23.8 Å². The van der Waals surface area contributed by atoms with Crippen molar-refractivity contribution < 1.29 is 9.53 Å². The SMILES string of the molecule is CCCCNC(=O)C(C)Nc1ccc(C#N)cc1OC. The van der Waals surface area contributed by atoms with E-state index in [1.165, 1.54) is 7.11 Å². The molecule has 0 fully saturated rings. The second kappa shape index (κ2) is 8.05. The van der Waals surface area contributed by atoms with E-state index in [0.29, 0.717) is 23.5 Å². The molecule has 0 aliphatic rings. The summed E-state index contributed by atoms with van der Waals surface area (Å²) in [6.07, 6.45) is 2.02. The molecule has 0 spiro atoms. The lowest BCUT2D eigenvalue weighted by atomic mass is 10.2. The Labute approximate surface area is 119 Å². The Balaban J connectivity index is 2.68. The van der Waals surface area contributed by atoms with Crippen LogP contribution < -0.4 is 15.4 Å². The summed E-state index contributed by atoms with van der Waals surface area (Å²) in [6, 6.07) is 6.76. The predicted molar refractivity (Wildman–Crippen MR) is 78.7 cm³/mol. The Kier molecular flexibility index (Phi) is 6.38. The first-order chi connectivity index (χ1) is 9.62. The molecule has 0 aliphatic carbocycles. The van der Waals surface area contributed by atoms with E-state index in [-0.39, 0.29) is 11.9 Å². The molecule has 0 heterocycles. The normalized spacial score (nSPS) is 11.3. The molecule has 0 saturated heterocycles. The number of unbranched alkanes of at least 4 members (excludes halogenated alkanes) is 1. The molecule has 108 valence electrons. The Morgan fingerprint density at radius 1 is 1.50 bits per heavy atom. The molecule has 5 nitrogen and oxygen atoms in total. The molecule has 1 rings (SSSR count). The molecule has 1 amide bonds. The lowest BCUT2D eigenvalue weighted by Gasteiger charge is -2.17. The third-order valence-corrected chi connectivity index (χ3v) is 2.93. The smallest absolute Gasteiger partial charge is 0.242 e. The van der Waals surface area contributed by atoms with Crippen LogP contribution in [-0.4, -0.2) is 25.6 Å². The van der Waals surface area contributed by atoms with Crippen LogP contribution in [0.25, 0.3) is 0 Å². The van der Waals surface area contributed by atoms with Gasteiger partial charge in [0.25, 0.3) is 0 Å². The molecular formula is C15H21N3O2. The fourth-order valence-electron chi connectivity index (χ4n) is 1.72. The van der Waals surface area contributed by atoms with Crippen LogP contribution in [0.1, 0.15) is 32.3 Å². The van der Waals surface area contributed by atoms with E-state index >= 15 is 0 Å². The zero-order valence-electron chi connectivity index (χ0n) is 12.2. The second-order valence-electron chi connectivity index (χ2n) is 4.54. The van der Waals surface area contributed by atoms with E-state index in [4.69, 9.17) is 10.00 Å². The quantitative estimate of drug-likeness (QED) is 0.749. The monoisotopic (exact) mass is 275 g/mol.